The van der Waals surface area contributed by atoms with Crippen molar-refractivity contribution in [3.8, 4) is 23.0 Å². The van der Waals surface area contributed by atoms with Crippen LogP contribution in [0.3, 0.4) is 0 Å². The van der Waals surface area contributed by atoms with E-state index >= 15 is 0 Å². The van der Waals surface area contributed by atoms with Crippen molar-refractivity contribution in [2.75, 3.05) is 17.2 Å². The number of rotatable bonds is 13. The number of aliphatic carboxylic acids is 1. The van der Waals surface area contributed by atoms with Crippen molar-refractivity contribution in [3.05, 3.63) is 87.5 Å². The van der Waals surface area contributed by atoms with Gasteiger partial charge >= 0.3 is 11.9 Å². The fourth-order valence-electron chi connectivity index (χ4n) is 5.62. The number of phenols is 4. The number of aromatic nitrogens is 5. The van der Waals surface area contributed by atoms with Gasteiger partial charge in [-0.15, -0.1) is 40.0 Å². The number of nitrogens with zero attached hydrogens (tertiary/aromatic N) is 7. The Hall–Kier alpha value is -6.59. The number of amides is 2. The maximum atomic E-state index is 13.5. The molecule has 2 aliphatic rings. The average Bonchev–Trinajstić information content (AvgIpc) is 3.80. The number of carboxylic acids is 1. The standard InChI is InChI=1S/C34H29N9O11S3/c1-14-6-24(43-34(36-14)38-23(40-43)10-53-32(52)16-3-5-20(45)22(47)8-16)55-11-17-12-56-30-26(29(49)42(30)27(17)31(50)51)39-28(48)25(18-13-57-33(35)37-18)41-54-9-15-2-4-19(44)21(46)7-15/h2-8,13,26,30,44-47H,9-12H2,1H3,(H2,35,37)(H,39,48)(H,50,51)/t26-,30-/m1/s1. The number of thiazole rings is 1. The molecular weight excluding hydrogens is 807 g/mol. The van der Waals surface area contributed by atoms with Gasteiger partial charge in [0.2, 0.25) is 0 Å². The number of nitrogens with one attached hydrogen (secondary N) is 1. The van der Waals surface area contributed by atoms with Gasteiger partial charge in [0.25, 0.3) is 17.6 Å². The third-order valence-corrected chi connectivity index (χ3v) is 11.4. The van der Waals surface area contributed by atoms with E-state index < -0.39 is 46.7 Å². The van der Waals surface area contributed by atoms with Crippen LogP contribution in [0.5, 0.6) is 23.0 Å². The Morgan fingerprint density at radius 1 is 1.02 bits per heavy atom. The van der Waals surface area contributed by atoms with Gasteiger partial charge in [-0.1, -0.05) is 11.2 Å². The molecule has 7 rings (SSSR count). The number of hydrogen-bond donors (Lipinski definition) is 7. The number of hydrogen-bond acceptors (Lipinski definition) is 19. The third kappa shape index (κ3) is 8.06. The van der Waals surface area contributed by atoms with Gasteiger partial charge in [-0.2, -0.15) is 9.50 Å². The Bertz CT molecular complexity index is 2520. The van der Waals surface area contributed by atoms with Crippen molar-refractivity contribution >= 4 is 75.2 Å². The summed E-state index contributed by atoms with van der Waals surface area (Å²) >= 11 is 3.54. The molecule has 0 bridgehead atoms. The van der Waals surface area contributed by atoms with Crippen molar-refractivity contribution in [2.45, 2.75) is 36.6 Å². The van der Waals surface area contributed by atoms with Crippen molar-refractivity contribution in [1.29, 1.82) is 0 Å². The molecule has 2 aromatic carbocycles. The highest BCUT2D eigenvalue weighted by molar-refractivity contribution is 8.01. The molecule has 5 aromatic rings. The molecule has 2 amide bonds. The number of benzene rings is 2. The monoisotopic (exact) mass is 835 g/mol. The number of aromatic hydroxyl groups is 4. The Morgan fingerprint density at radius 2 is 1.77 bits per heavy atom. The molecule has 2 atom stereocenters. The van der Waals surface area contributed by atoms with Gasteiger partial charge in [0.1, 0.15) is 34.4 Å². The number of nitrogen functional groups attached to an aromatic ring is 1. The SMILES string of the molecule is Cc1cc(SCC2=C(C(=O)O)N3C(=O)[C@@H](NC(=O)C(=NOCc4ccc(O)c(O)c4)c4csc(N)n4)[C@H]3SC2)n2nc(COC(=O)c3ccc(O)c(O)c3)nc2n1. The van der Waals surface area contributed by atoms with Crippen molar-refractivity contribution in [2.24, 2.45) is 5.16 Å². The maximum absolute atomic E-state index is 13.5. The predicted octanol–water partition coefficient (Wildman–Crippen LogP) is 2.10. The minimum Gasteiger partial charge on any atom is -0.504 e. The first-order chi connectivity index (χ1) is 27.3. The lowest BCUT2D eigenvalue weighted by Crippen LogP contribution is -2.71. The lowest BCUT2D eigenvalue weighted by molar-refractivity contribution is -0.150. The molecule has 3 aromatic heterocycles. The molecule has 0 aliphatic carbocycles. The third-order valence-electron chi connectivity index (χ3n) is 8.33. The van der Waals surface area contributed by atoms with Gasteiger partial charge in [-0.25, -0.2) is 19.6 Å². The predicted molar refractivity (Wildman–Crippen MR) is 202 cm³/mol. The quantitative estimate of drug-likeness (QED) is 0.0170. The summed E-state index contributed by atoms with van der Waals surface area (Å²) in [5, 5.41) is 61.1. The first kappa shape index (κ1) is 38.7. The minimum absolute atomic E-state index is 0.000438. The number of phenolic OH excluding ortho intramolecular Hbond substituents is 4. The van der Waals surface area contributed by atoms with Crippen molar-refractivity contribution < 1.29 is 54.3 Å². The number of β-lactam (4-membered cyclic amide) rings is 1. The second-order valence-corrected chi connectivity index (χ2v) is 15.3. The first-order valence-corrected chi connectivity index (χ1v) is 19.4. The number of nitrogens with two attached hydrogens (primary N) is 1. The zero-order valence-corrected chi connectivity index (χ0v) is 31.7. The second kappa shape index (κ2) is 15.9. The molecule has 1 saturated heterocycles. The molecule has 2 aliphatic heterocycles. The van der Waals surface area contributed by atoms with Gasteiger partial charge in [-0.3, -0.25) is 14.5 Å². The molecule has 5 heterocycles. The average molecular weight is 836 g/mol. The van der Waals surface area contributed by atoms with E-state index in [0.717, 1.165) is 28.4 Å². The first-order valence-electron chi connectivity index (χ1n) is 16.5. The lowest BCUT2D eigenvalue weighted by Gasteiger charge is -2.49. The molecule has 57 heavy (non-hydrogen) atoms. The maximum Gasteiger partial charge on any atom is 0.352 e. The molecule has 1 fully saturated rings. The fraction of sp³-hybridized carbons (Fsp3) is 0.206. The summed E-state index contributed by atoms with van der Waals surface area (Å²) in [6.45, 7) is 1.20. The Kier molecular flexibility index (Phi) is 10.8. The second-order valence-electron chi connectivity index (χ2n) is 12.3. The number of thioether (sulfide) groups is 2. The Morgan fingerprint density at radius 3 is 2.47 bits per heavy atom. The van der Waals surface area contributed by atoms with Gasteiger partial charge in [0.15, 0.2) is 46.3 Å². The van der Waals surface area contributed by atoms with Crippen LogP contribution in [0.1, 0.15) is 33.1 Å². The van der Waals surface area contributed by atoms with Crippen LogP contribution in [-0.4, -0.2) is 107 Å². The van der Waals surface area contributed by atoms with E-state index in [1.807, 2.05) is 0 Å². The van der Waals surface area contributed by atoms with Crippen LogP contribution in [0.4, 0.5) is 5.13 Å². The number of oxime groups is 1. The number of ether oxygens (including phenoxy) is 1. The highest BCUT2D eigenvalue weighted by Gasteiger charge is 2.54. The highest BCUT2D eigenvalue weighted by atomic mass is 32.2. The molecule has 23 heteroatoms. The molecule has 0 unspecified atom stereocenters. The smallest absolute Gasteiger partial charge is 0.352 e. The van der Waals surface area contributed by atoms with Gasteiger partial charge in [-0.05, 0) is 54.5 Å². The summed E-state index contributed by atoms with van der Waals surface area (Å²) in [5.74, 6) is -4.52. The summed E-state index contributed by atoms with van der Waals surface area (Å²) in [6.07, 6.45) is 0. The van der Waals surface area contributed by atoms with E-state index in [9.17, 15) is 44.7 Å². The van der Waals surface area contributed by atoms with E-state index in [1.54, 1.807) is 13.0 Å². The van der Waals surface area contributed by atoms with E-state index in [0.29, 0.717) is 21.9 Å². The van der Waals surface area contributed by atoms with Crippen LogP contribution in [-0.2, 0) is 37.2 Å². The molecule has 0 spiro atoms. The lowest BCUT2D eigenvalue weighted by atomic mass is 10.0. The summed E-state index contributed by atoms with van der Waals surface area (Å²) in [7, 11) is 0. The number of carbonyl (C=O) groups excluding carboxylic acids is 3. The van der Waals surface area contributed by atoms with Crippen LogP contribution < -0.4 is 11.1 Å². The zero-order valence-electron chi connectivity index (χ0n) is 29.2. The molecule has 20 nitrogen and oxygen atoms in total. The number of anilines is 1. The number of carboxylic acid groups (broad SMARTS) is 1. The number of aryl methyl sites for hydroxylation is 1. The van der Waals surface area contributed by atoms with Gasteiger partial charge in [0.05, 0.1) is 5.56 Å². The van der Waals surface area contributed by atoms with Crippen LogP contribution in [0.15, 0.2) is 69.3 Å². The van der Waals surface area contributed by atoms with Crippen molar-refractivity contribution in [3.63, 3.8) is 0 Å². The van der Waals surface area contributed by atoms with Crippen LogP contribution >= 0.6 is 34.9 Å². The van der Waals surface area contributed by atoms with Gasteiger partial charge < -0.3 is 46.2 Å². The van der Waals surface area contributed by atoms with Gasteiger partial charge in [0, 0.05) is 22.6 Å². The summed E-state index contributed by atoms with van der Waals surface area (Å²) in [6, 6.07) is 8.10. The zero-order chi connectivity index (χ0) is 40.5. The van der Waals surface area contributed by atoms with Crippen LogP contribution in [0.25, 0.3) is 5.78 Å². The summed E-state index contributed by atoms with van der Waals surface area (Å²) in [4.78, 5) is 71.4. The largest absolute Gasteiger partial charge is 0.504 e. The van der Waals surface area contributed by atoms with E-state index in [4.69, 9.17) is 15.3 Å². The highest BCUT2D eigenvalue weighted by Crippen LogP contribution is 2.42. The molecule has 8 N–H and O–H groups in total. The Labute approximate surface area is 332 Å². The number of fused-ring (bicyclic) bond motifs is 2. The number of carbonyl (C=O) groups is 4. The summed E-state index contributed by atoms with van der Waals surface area (Å²) < 4.78 is 6.69. The number of esters is 1. The molecular formula is C34H29N9O11S3. The molecule has 294 valence electrons. The van der Waals surface area contributed by atoms with Crippen molar-refractivity contribution in [1.82, 2.24) is 34.8 Å². The van der Waals surface area contributed by atoms with E-state index in [-0.39, 0.29) is 75.6 Å². The van der Waals surface area contributed by atoms with E-state index in [1.165, 1.54) is 57.7 Å². The molecule has 0 saturated carbocycles. The fourth-order valence-corrected chi connectivity index (χ4v) is 8.70. The Balaban J connectivity index is 1.03. The van der Waals surface area contributed by atoms with Crippen LogP contribution in [0.2, 0.25) is 0 Å². The molecule has 0 radical (unpaired) electrons. The van der Waals surface area contributed by atoms with E-state index in [2.05, 4.69) is 30.5 Å². The van der Waals surface area contributed by atoms with Crippen LogP contribution in [0, 0.1) is 6.92 Å². The normalized spacial score (nSPS) is 16.6. The minimum atomic E-state index is -1.33. The topological polar surface area (TPSA) is 298 Å². The summed E-state index contributed by atoms with van der Waals surface area (Å²) in [5.41, 5.74) is 6.80.